The highest BCUT2D eigenvalue weighted by atomic mass is 32.2. The largest absolute Gasteiger partial charge is 0.506 e. The molecule has 3 rings (SSSR count). The van der Waals surface area contributed by atoms with Crippen molar-refractivity contribution in [1.29, 1.82) is 0 Å². The molecule has 0 spiro atoms. The van der Waals surface area contributed by atoms with Crippen LogP contribution in [-0.2, 0) is 4.74 Å². The summed E-state index contributed by atoms with van der Waals surface area (Å²) in [5.41, 5.74) is 6.50. The minimum atomic E-state index is -0.126. The lowest BCUT2D eigenvalue weighted by Gasteiger charge is -2.18. The standard InChI is InChI=1S/C12H13N3O3S/c13-8-2-1-7(5-9(8)16)12-14-11(15-18-12)10-6-19-4-3-17-10/h1-2,5,10,16H,3-4,6,13H2. The summed E-state index contributed by atoms with van der Waals surface area (Å²) in [5, 5.41) is 13.5. The normalized spacial score (nSPS) is 19.5. The Morgan fingerprint density at radius 2 is 2.32 bits per heavy atom. The summed E-state index contributed by atoms with van der Waals surface area (Å²) in [6.45, 7) is 0.696. The number of benzene rings is 1. The van der Waals surface area contributed by atoms with E-state index in [1.807, 2.05) is 0 Å². The zero-order valence-electron chi connectivity index (χ0n) is 10.1. The van der Waals surface area contributed by atoms with Gasteiger partial charge in [0.1, 0.15) is 11.9 Å². The third kappa shape index (κ3) is 2.52. The van der Waals surface area contributed by atoms with Gasteiger partial charge in [-0.25, -0.2) is 0 Å². The molecule has 0 radical (unpaired) electrons. The molecule has 1 aliphatic rings. The Balaban J connectivity index is 1.85. The molecule has 0 amide bonds. The van der Waals surface area contributed by atoms with Crippen LogP contribution in [0.4, 0.5) is 5.69 Å². The van der Waals surface area contributed by atoms with Gasteiger partial charge in [0, 0.05) is 17.1 Å². The van der Waals surface area contributed by atoms with Crippen LogP contribution in [0.2, 0.25) is 0 Å². The van der Waals surface area contributed by atoms with Gasteiger partial charge >= 0.3 is 0 Å². The van der Waals surface area contributed by atoms with Crippen molar-refractivity contribution in [2.45, 2.75) is 6.10 Å². The van der Waals surface area contributed by atoms with Crippen LogP contribution in [0.25, 0.3) is 11.5 Å². The number of ether oxygens (including phenoxy) is 1. The molecular weight excluding hydrogens is 266 g/mol. The molecule has 6 nitrogen and oxygen atoms in total. The van der Waals surface area contributed by atoms with E-state index >= 15 is 0 Å². The van der Waals surface area contributed by atoms with Crippen LogP contribution in [0.3, 0.4) is 0 Å². The molecule has 3 N–H and O–H groups in total. The lowest BCUT2D eigenvalue weighted by atomic mass is 10.2. The zero-order chi connectivity index (χ0) is 13.2. The van der Waals surface area contributed by atoms with Gasteiger partial charge in [-0.1, -0.05) is 5.16 Å². The molecule has 1 aromatic heterocycles. The molecule has 1 aromatic carbocycles. The van der Waals surface area contributed by atoms with E-state index in [9.17, 15) is 5.11 Å². The van der Waals surface area contributed by atoms with Crippen molar-refractivity contribution in [3.05, 3.63) is 24.0 Å². The van der Waals surface area contributed by atoms with E-state index in [2.05, 4.69) is 10.1 Å². The quantitative estimate of drug-likeness (QED) is 0.639. The number of nitrogens with two attached hydrogens (primary N) is 1. The Bertz CT molecular complexity index is 581. The fraction of sp³-hybridized carbons (Fsp3) is 0.333. The maximum atomic E-state index is 9.57. The molecular formula is C12H13N3O3S. The minimum Gasteiger partial charge on any atom is -0.506 e. The molecule has 1 saturated heterocycles. The van der Waals surface area contributed by atoms with Gasteiger partial charge in [-0.15, -0.1) is 0 Å². The first-order chi connectivity index (χ1) is 9.24. The molecule has 1 fully saturated rings. The van der Waals surface area contributed by atoms with Crippen molar-refractivity contribution < 1.29 is 14.4 Å². The fourth-order valence-corrected chi connectivity index (χ4v) is 2.64. The molecule has 0 saturated carbocycles. The second-order valence-corrected chi connectivity index (χ2v) is 5.32. The molecule has 100 valence electrons. The smallest absolute Gasteiger partial charge is 0.258 e. The number of phenolic OH excluding ortho intramolecular Hbond substituents is 1. The Morgan fingerprint density at radius 3 is 3.05 bits per heavy atom. The number of thioether (sulfide) groups is 1. The molecule has 19 heavy (non-hydrogen) atoms. The number of rotatable bonds is 2. The zero-order valence-corrected chi connectivity index (χ0v) is 10.9. The number of aromatic hydroxyl groups is 1. The molecule has 0 aliphatic carbocycles. The summed E-state index contributed by atoms with van der Waals surface area (Å²) in [4.78, 5) is 4.31. The first-order valence-electron chi connectivity index (χ1n) is 5.86. The summed E-state index contributed by atoms with van der Waals surface area (Å²) in [7, 11) is 0. The maximum absolute atomic E-state index is 9.57. The number of phenols is 1. The van der Waals surface area contributed by atoms with Crippen LogP contribution in [0.15, 0.2) is 22.7 Å². The third-order valence-corrected chi connectivity index (χ3v) is 3.82. The summed E-state index contributed by atoms with van der Waals surface area (Å²) in [5.74, 6) is 2.71. The van der Waals surface area contributed by atoms with E-state index in [1.54, 1.807) is 23.9 Å². The van der Waals surface area contributed by atoms with Gasteiger partial charge in [-0.2, -0.15) is 16.7 Å². The van der Waals surface area contributed by atoms with Crippen LogP contribution < -0.4 is 5.73 Å². The molecule has 1 aliphatic heterocycles. The van der Waals surface area contributed by atoms with Crippen molar-refractivity contribution in [3.8, 4) is 17.2 Å². The SMILES string of the molecule is Nc1ccc(-c2nc(C3CSCCO3)no2)cc1O. The number of nitrogens with zero attached hydrogens (tertiary/aromatic N) is 2. The Morgan fingerprint density at radius 1 is 1.42 bits per heavy atom. The van der Waals surface area contributed by atoms with E-state index in [1.165, 1.54) is 6.07 Å². The van der Waals surface area contributed by atoms with Gasteiger partial charge in [0.15, 0.2) is 0 Å². The lowest BCUT2D eigenvalue weighted by Crippen LogP contribution is -2.16. The van der Waals surface area contributed by atoms with Crippen molar-refractivity contribution >= 4 is 17.4 Å². The van der Waals surface area contributed by atoms with E-state index in [4.69, 9.17) is 15.0 Å². The lowest BCUT2D eigenvalue weighted by molar-refractivity contribution is 0.0677. The maximum Gasteiger partial charge on any atom is 0.258 e. The van der Waals surface area contributed by atoms with Gasteiger partial charge < -0.3 is 20.1 Å². The fourth-order valence-electron chi connectivity index (χ4n) is 1.80. The van der Waals surface area contributed by atoms with Crippen LogP contribution in [0, 0.1) is 0 Å². The van der Waals surface area contributed by atoms with E-state index < -0.39 is 0 Å². The van der Waals surface area contributed by atoms with Crippen molar-refractivity contribution in [2.75, 3.05) is 23.8 Å². The van der Waals surface area contributed by atoms with Crippen LogP contribution in [0.1, 0.15) is 11.9 Å². The molecule has 7 heteroatoms. The number of anilines is 1. The first kappa shape index (κ1) is 12.3. The number of hydrogen-bond donors (Lipinski definition) is 2. The molecule has 2 heterocycles. The second-order valence-electron chi connectivity index (χ2n) is 4.17. The summed E-state index contributed by atoms with van der Waals surface area (Å²) >= 11 is 1.80. The van der Waals surface area contributed by atoms with E-state index in [-0.39, 0.29) is 11.9 Å². The molecule has 2 aromatic rings. The molecule has 1 unspecified atom stereocenters. The number of hydrogen-bond acceptors (Lipinski definition) is 7. The van der Waals surface area contributed by atoms with Crippen molar-refractivity contribution in [3.63, 3.8) is 0 Å². The van der Waals surface area contributed by atoms with Gasteiger partial charge in [-0.3, -0.25) is 0 Å². The Labute approximate surface area is 113 Å². The average Bonchev–Trinajstić information content (AvgIpc) is 2.93. The minimum absolute atomic E-state index is 0.00159. The average molecular weight is 279 g/mol. The highest BCUT2D eigenvalue weighted by Gasteiger charge is 2.22. The summed E-state index contributed by atoms with van der Waals surface area (Å²) in [6.07, 6.45) is -0.126. The predicted octanol–water partition coefficient (Wildman–Crippen LogP) is 1.83. The third-order valence-electron chi connectivity index (χ3n) is 2.82. The van der Waals surface area contributed by atoms with Crippen LogP contribution in [-0.4, -0.2) is 33.4 Å². The highest BCUT2D eigenvalue weighted by Crippen LogP contribution is 2.29. The van der Waals surface area contributed by atoms with Crippen molar-refractivity contribution in [1.82, 2.24) is 10.1 Å². The first-order valence-corrected chi connectivity index (χ1v) is 7.01. The molecule has 0 bridgehead atoms. The highest BCUT2D eigenvalue weighted by molar-refractivity contribution is 7.99. The number of aromatic nitrogens is 2. The Hall–Kier alpha value is -1.73. The van der Waals surface area contributed by atoms with Gasteiger partial charge in [0.2, 0.25) is 5.82 Å². The van der Waals surface area contributed by atoms with Crippen LogP contribution >= 0.6 is 11.8 Å². The molecule has 1 atom stereocenters. The number of nitrogen functional groups attached to an aromatic ring is 1. The van der Waals surface area contributed by atoms with E-state index in [0.717, 1.165) is 11.5 Å². The van der Waals surface area contributed by atoms with Gasteiger partial charge in [0.05, 0.1) is 12.3 Å². The van der Waals surface area contributed by atoms with Gasteiger partial charge in [-0.05, 0) is 18.2 Å². The van der Waals surface area contributed by atoms with Gasteiger partial charge in [0.25, 0.3) is 5.89 Å². The monoisotopic (exact) mass is 279 g/mol. The predicted molar refractivity (Wildman–Crippen MR) is 71.8 cm³/mol. The van der Waals surface area contributed by atoms with Crippen LogP contribution in [0.5, 0.6) is 5.75 Å². The second kappa shape index (κ2) is 5.10. The summed E-state index contributed by atoms with van der Waals surface area (Å²) < 4.78 is 10.8. The van der Waals surface area contributed by atoms with Crippen molar-refractivity contribution in [2.24, 2.45) is 0 Å². The summed E-state index contributed by atoms with van der Waals surface area (Å²) in [6, 6.07) is 4.83. The topological polar surface area (TPSA) is 94.4 Å². The van der Waals surface area contributed by atoms with E-state index in [0.29, 0.717) is 29.6 Å². The Kier molecular flexibility index (Phi) is 3.31.